The molecule has 1 fully saturated rings. The van der Waals surface area contributed by atoms with E-state index in [4.69, 9.17) is 5.73 Å². The van der Waals surface area contributed by atoms with Crippen LogP contribution in [-0.2, 0) is 16.1 Å². The number of pyridine rings is 1. The monoisotopic (exact) mass is 262 g/mol. The minimum atomic E-state index is -0.449. The summed E-state index contributed by atoms with van der Waals surface area (Å²) in [5, 5.41) is 0. The zero-order valence-electron chi connectivity index (χ0n) is 11.2. The van der Waals surface area contributed by atoms with Crippen LogP contribution in [0.5, 0.6) is 0 Å². The largest absolute Gasteiger partial charge is 0.384 e. The first kappa shape index (κ1) is 13.3. The topological polar surface area (TPSA) is 79.5 Å². The van der Waals surface area contributed by atoms with Gasteiger partial charge in [0.1, 0.15) is 5.82 Å². The number of anilines is 1. The van der Waals surface area contributed by atoms with E-state index in [1.54, 1.807) is 28.1 Å². The molecule has 0 atom stereocenters. The lowest BCUT2D eigenvalue weighted by Gasteiger charge is -2.36. The molecule has 0 aromatic carbocycles. The van der Waals surface area contributed by atoms with E-state index in [1.165, 1.54) is 0 Å². The Balaban J connectivity index is 2.07. The van der Waals surface area contributed by atoms with Gasteiger partial charge in [-0.15, -0.1) is 0 Å². The summed E-state index contributed by atoms with van der Waals surface area (Å²) < 4.78 is 0. The summed E-state index contributed by atoms with van der Waals surface area (Å²) in [6.07, 6.45) is 1.60. The van der Waals surface area contributed by atoms with Gasteiger partial charge in [0.15, 0.2) is 0 Å². The predicted molar refractivity (Wildman–Crippen MR) is 70.9 cm³/mol. The van der Waals surface area contributed by atoms with Crippen LogP contribution >= 0.6 is 0 Å². The van der Waals surface area contributed by atoms with Gasteiger partial charge in [0.25, 0.3) is 0 Å². The molecule has 19 heavy (non-hydrogen) atoms. The Kier molecular flexibility index (Phi) is 3.69. The molecule has 2 rings (SSSR count). The first-order valence-corrected chi connectivity index (χ1v) is 6.29. The van der Waals surface area contributed by atoms with Gasteiger partial charge in [-0.05, 0) is 31.5 Å². The summed E-state index contributed by atoms with van der Waals surface area (Å²) >= 11 is 0. The lowest BCUT2D eigenvalue weighted by Crippen LogP contribution is -2.55. The first-order chi connectivity index (χ1) is 8.99. The summed E-state index contributed by atoms with van der Waals surface area (Å²) in [5.74, 6) is -0.462. The van der Waals surface area contributed by atoms with Gasteiger partial charge < -0.3 is 15.5 Å². The first-order valence-electron chi connectivity index (χ1n) is 6.29. The highest BCUT2D eigenvalue weighted by atomic mass is 16.2. The average Bonchev–Trinajstić information content (AvgIpc) is 2.35. The average molecular weight is 262 g/mol. The molecular formula is C13H18N4O2. The van der Waals surface area contributed by atoms with Crippen molar-refractivity contribution in [2.45, 2.75) is 26.4 Å². The molecule has 0 unspecified atom stereocenters. The Morgan fingerprint density at radius 1 is 1.32 bits per heavy atom. The fourth-order valence-electron chi connectivity index (χ4n) is 2.15. The standard InChI is InChI=1S/C13H18N4O2/c1-9(2)17-6-5-16(12(18)13(17)19)8-10-3-4-15-11(14)7-10/h3-4,7,9H,5-6,8H2,1-2H3,(H2,14,15). The molecular weight excluding hydrogens is 244 g/mol. The molecule has 0 bridgehead atoms. The molecule has 1 aliphatic rings. The quantitative estimate of drug-likeness (QED) is 0.791. The van der Waals surface area contributed by atoms with Crippen molar-refractivity contribution in [2.24, 2.45) is 0 Å². The molecule has 0 spiro atoms. The molecule has 0 saturated carbocycles. The van der Waals surface area contributed by atoms with Crippen molar-refractivity contribution in [2.75, 3.05) is 18.8 Å². The molecule has 1 aromatic rings. The second-order valence-corrected chi connectivity index (χ2v) is 4.91. The summed E-state index contributed by atoms with van der Waals surface area (Å²) in [4.78, 5) is 31.0. The maximum atomic E-state index is 12.0. The molecule has 1 aliphatic heterocycles. The third-order valence-corrected chi connectivity index (χ3v) is 3.18. The number of carbonyl (C=O) groups excluding carboxylic acids is 2. The minimum Gasteiger partial charge on any atom is -0.384 e. The van der Waals surface area contributed by atoms with Crippen molar-refractivity contribution in [3.05, 3.63) is 23.9 Å². The molecule has 0 aliphatic carbocycles. The minimum absolute atomic E-state index is 0.0511. The maximum Gasteiger partial charge on any atom is 0.312 e. The number of nitrogens with zero attached hydrogens (tertiary/aromatic N) is 3. The third-order valence-electron chi connectivity index (χ3n) is 3.18. The zero-order valence-corrected chi connectivity index (χ0v) is 11.2. The van der Waals surface area contributed by atoms with Crippen LogP contribution in [0.4, 0.5) is 5.82 Å². The number of nitrogen functional groups attached to an aromatic ring is 1. The van der Waals surface area contributed by atoms with Gasteiger partial charge in [-0.3, -0.25) is 9.59 Å². The highest BCUT2D eigenvalue weighted by molar-refractivity contribution is 6.35. The second-order valence-electron chi connectivity index (χ2n) is 4.91. The maximum absolute atomic E-state index is 12.0. The fourth-order valence-corrected chi connectivity index (χ4v) is 2.15. The highest BCUT2D eigenvalue weighted by Gasteiger charge is 2.33. The Morgan fingerprint density at radius 2 is 2.05 bits per heavy atom. The molecule has 0 radical (unpaired) electrons. The van der Waals surface area contributed by atoms with Crippen LogP contribution in [0.25, 0.3) is 0 Å². The van der Waals surface area contributed by atoms with E-state index in [1.807, 2.05) is 13.8 Å². The van der Waals surface area contributed by atoms with Crippen molar-refractivity contribution < 1.29 is 9.59 Å². The van der Waals surface area contributed by atoms with Crippen LogP contribution in [0.2, 0.25) is 0 Å². The van der Waals surface area contributed by atoms with Gasteiger partial charge in [-0.2, -0.15) is 0 Å². The van der Waals surface area contributed by atoms with E-state index in [0.717, 1.165) is 5.56 Å². The smallest absolute Gasteiger partial charge is 0.312 e. The Morgan fingerprint density at radius 3 is 2.68 bits per heavy atom. The highest BCUT2D eigenvalue weighted by Crippen LogP contribution is 2.13. The fraction of sp³-hybridized carbons (Fsp3) is 0.462. The third kappa shape index (κ3) is 2.83. The van der Waals surface area contributed by atoms with Crippen LogP contribution < -0.4 is 5.73 Å². The van der Waals surface area contributed by atoms with Crippen LogP contribution in [0.1, 0.15) is 19.4 Å². The van der Waals surface area contributed by atoms with Gasteiger partial charge in [0.05, 0.1) is 0 Å². The van der Waals surface area contributed by atoms with Gasteiger partial charge in [-0.25, -0.2) is 4.98 Å². The molecule has 6 nitrogen and oxygen atoms in total. The normalized spacial score (nSPS) is 16.4. The number of rotatable bonds is 3. The Hall–Kier alpha value is -2.11. The molecule has 6 heteroatoms. The van der Waals surface area contributed by atoms with Gasteiger partial charge in [0.2, 0.25) is 0 Å². The van der Waals surface area contributed by atoms with Crippen LogP contribution in [0, 0.1) is 0 Å². The molecule has 2 amide bonds. The van der Waals surface area contributed by atoms with Gasteiger partial charge >= 0.3 is 11.8 Å². The lowest BCUT2D eigenvalue weighted by molar-refractivity contribution is -0.157. The molecule has 2 heterocycles. The predicted octanol–water partition coefficient (Wildman–Crippen LogP) is 0.243. The van der Waals surface area contributed by atoms with E-state index in [2.05, 4.69) is 4.98 Å². The molecule has 102 valence electrons. The van der Waals surface area contributed by atoms with E-state index < -0.39 is 11.8 Å². The van der Waals surface area contributed by atoms with Crippen molar-refractivity contribution in [3.63, 3.8) is 0 Å². The summed E-state index contributed by atoms with van der Waals surface area (Å²) in [5.41, 5.74) is 6.48. The number of piperazine rings is 1. The van der Waals surface area contributed by atoms with Crippen LogP contribution in [0.15, 0.2) is 18.3 Å². The summed E-state index contributed by atoms with van der Waals surface area (Å²) in [7, 11) is 0. The van der Waals surface area contributed by atoms with Crippen LogP contribution in [0.3, 0.4) is 0 Å². The van der Waals surface area contributed by atoms with Crippen molar-refractivity contribution in [3.8, 4) is 0 Å². The Bertz CT molecular complexity index is 501. The lowest BCUT2D eigenvalue weighted by atomic mass is 10.2. The van der Waals surface area contributed by atoms with E-state index in [0.29, 0.717) is 25.5 Å². The number of amides is 2. The number of hydrogen-bond donors (Lipinski definition) is 1. The molecule has 1 saturated heterocycles. The number of aromatic nitrogens is 1. The van der Waals surface area contributed by atoms with Crippen molar-refractivity contribution >= 4 is 17.6 Å². The number of nitrogens with two attached hydrogens (primary N) is 1. The molecule has 1 aromatic heterocycles. The van der Waals surface area contributed by atoms with E-state index in [-0.39, 0.29) is 6.04 Å². The summed E-state index contributed by atoms with van der Waals surface area (Å²) in [6, 6.07) is 3.56. The molecule has 2 N–H and O–H groups in total. The SMILES string of the molecule is CC(C)N1CCN(Cc2ccnc(N)c2)C(=O)C1=O. The van der Waals surface area contributed by atoms with Gasteiger partial charge in [0, 0.05) is 31.9 Å². The second kappa shape index (κ2) is 5.26. The number of hydrogen-bond acceptors (Lipinski definition) is 4. The van der Waals surface area contributed by atoms with Crippen LogP contribution in [-0.4, -0.2) is 45.7 Å². The van der Waals surface area contributed by atoms with Crippen molar-refractivity contribution in [1.82, 2.24) is 14.8 Å². The van der Waals surface area contributed by atoms with Crippen molar-refractivity contribution in [1.29, 1.82) is 0 Å². The zero-order chi connectivity index (χ0) is 14.0. The summed E-state index contributed by atoms with van der Waals surface area (Å²) in [6.45, 7) is 5.33. The Labute approximate surface area is 112 Å². The van der Waals surface area contributed by atoms with E-state index in [9.17, 15) is 9.59 Å². The number of carbonyl (C=O) groups is 2. The van der Waals surface area contributed by atoms with E-state index >= 15 is 0 Å². The van der Waals surface area contributed by atoms with Gasteiger partial charge in [-0.1, -0.05) is 0 Å².